The Morgan fingerprint density at radius 1 is 1.04 bits per heavy atom. The molecular formula is C21H17N3OS. The summed E-state index contributed by atoms with van der Waals surface area (Å²) in [5.74, 6) is 0.743. The second-order valence-corrected chi connectivity index (χ2v) is 6.98. The van der Waals surface area contributed by atoms with Crippen LogP contribution in [-0.4, -0.2) is 14.5 Å². The molecule has 2 aromatic carbocycles. The zero-order valence-electron chi connectivity index (χ0n) is 14.3. The molecule has 2 aromatic heterocycles. The summed E-state index contributed by atoms with van der Waals surface area (Å²) in [6.07, 6.45) is 3.39. The highest BCUT2D eigenvalue weighted by Crippen LogP contribution is 2.24. The van der Waals surface area contributed by atoms with E-state index in [-0.39, 0.29) is 5.56 Å². The van der Waals surface area contributed by atoms with Crippen molar-refractivity contribution in [3.63, 3.8) is 0 Å². The highest BCUT2D eigenvalue weighted by Gasteiger charge is 2.13. The molecule has 5 heteroatoms. The number of pyridine rings is 1. The van der Waals surface area contributed by atoms with Crippen LogP contribution in [0.15, 0.2) is 83.0 Å². The smallest absolute Gasteiger partial charge is 0.266 e. The van der Waals surface area contributed by atoms with Crippen LogP contribution in [0.3, 0.4) is 0 Å². The fourth-order valence-electron chi connectivity index (χ4n) is 2.87. The summed E-state index contributed by atoms with van der Waals surface area (Å²) in [6, 6.07) is 19.5. The first-order valence-electron chi connectivity index (χ1n) is 8.33. The Labute approximate surface area is 155 Å². The van der Waals surface area contributed by atoms with E-state index < -0.39 is 0 Å². The van der Waals surface area contributed by atoms with Crippen molar-refractivity contribution in [1.82, 2.24) is 14.5 Å². The van der Waals surface area contributed by atoms with Gasteiger partial charge in [0.25, 0.3) is 5.56 Å². The molecule has 0 aliphatic heterocycles. The predicted molar refractivity (Wildman–Crippen MR) is 106 cm³/mol. The highest BCUT2D eigenvalue weighted by molar-refractivity contribution is 7.98. The van der Waals surface area contributed by atoms with Gasteiger partial charge in [-0.3, -0.25) is 14.3 Å². The Morgan fingerprint density at radius 2 is 1.92 bits per heavy atom. The number of rotatable bonds is 4. The minimum absolute atomic E-state index is 0.0738. The van der Waals surface area contributed by atoms with E-state index in [1.165, 1.54) is 11.1 Å². The number of para-hydroxylation sites is 1. The van der Waals surface area contributed by atoms with Gasteiger partial charge in [-0.05, 0) is 36.8 Å². The van der Waals surface area contributed by atoms with Crippen LogP contribution in [0.2, 0.25) is 0 Å². The van der Waals surface area contributed by atoms with Gasteiger partial charge in [0, 0.05) is 11.9 Å². The van der Waals surface area contributed by atoms with E-state index in [2.05, 4.69) is 30.1 Å². The number of hydrogen-bond acceptors (Lipinski definition) is 4. The first-order valence-corrected chi connectivity index (χ1v) is 9.31. The van der Waals surface area contributed by atoms with Crippen molar-refractivity contribution >= 4 is 22.7 Å². The van der Waals surface area contributed by atoms with Crippen molar-refractivity contribution in [2.75, 3.05) is 0 Å². The van der Waals surface area contributed by atoms with Gasteiger partial charge in [0.05, 0.1) is 22.8 Å². The van der Waals surface area contributed by atoms with E-state index >= 15 is 0 Å². The molecule has 4 nitrogen and oxygen atoms in total. The summed E-state index contributed by atoms with van der Waals surface area (Å²) in [7, 11) is 0. The molecule has 2 heterocycles. The van der Waals surface area contributed by atoms with E-state index in [0.29, 0.717) is 16.1 Å². The molecule has 0 aliphatic carbocycles. The fourth-order valence-corrected chi connectivity index (χ4v) is 3.83. The second-order valence-electron chi connectivity index (χ2n) is 6.04. The number of benzene rings is 2. The second kappa shape index (κ2) is 7.14. The molecule has 4 aromatic rings. The molecule has 0 N–H and O–H groups in total. The molecule has 0 fully saturated rings. The zero-order valence-corrected chi connectivity index (χ0v) is 15.1. The summed E-state index contributed by atoms with van der Waals surface area (Å²) in [6.45, 7) is 2.08. The zero-order chi connectivity index (χ0) is 17.9. The van der Waals surface area contributed by atoms with Gasteiger partial charge in [-0.15, -0.1) is 0 Å². The molecule has 0 bridgehead atoms. The Hall–Kier alpha value is -2.92. The van der Waals surface area contributed by atoms with Gasteiger partial charge < -0.3 is 0 Å². The minimum Gasteiger partial charge on any atom is -0.268 e. The average Bonchev–Trinajstić information content (AvgIpc) is 2.67. The lowest BCUT2D eigenvalue weighted by molar-refractivity contribution is 0.815. The Kier molecular flexibility index (Phi) is 4.54. The Bertz CT molecular complexity index is 1120. The van der Waals surface area contributed by atoms with Crippen LogP contribution in [0.1, 0.15) is 11.1 Å². The topological polar surface area (TPSA) is 47.8 Å². The maximum atomic E-state index is 13.1. The quantitative estimate of drug-likeness (QED) is 0.401. The third-order valence-electron chi connectivity index (χ3n) is 4.10. The third kappa shape index (κ3) is 3.26. The molecule has 4 rings (SSSR count). The van der Waals surface area contributed by atoms with Crippen molar-refractivity contribution in [3.8, 4) is 5.69 Å². The summed E-state index contributed by atoms with van der Waals surface area (Å²) in [5.41, 5.74) is 3.79. The van der Waals surface area contributed by atoms with Crippen LogP contribution < -0.4 is 5.56 Å². The molecule has 0 saturated carbocycles. The van der Waals surface area contributed by atoms with Crippen LogP contribution in [0.5, 0.6) is 0 Å². The number of aryl methyl sites for hydroxylation is 1. The molecule has 128 valence electrons. The van der Waals surface area contributed by atoms with E-state index in [1.807, 2.05) is 42.5 Å². The lowest BCUT2D eigenvalue weighted by atomic mass is 10.2. The molecule has 0 spiro atoms. The number of nitrogens with zero attached hydrogens (tertiary/aromatic N) is 3. The molecule has 0 amide bonds. The Balaban J connectivity index is 1.83. The van der Waals surface area contributed by atoms with Gasteiger partial charge in [-0.2, -0.15) is 0 Å². The first-order chi connectivity index (χ1) is 12.7. The predicted octanol–water partition coefficient (Wildman–Crippen LogP) is 4.38. The lowest BCUT2D eigenvalue weighted by Gasteiger charge is -2.13. The largest absolute Gasteiger partial charge is 0.268 e. The first kappa shape index (κ1) is 16.5. The third-order valence-corrected chi connectivity index (χ3v) is 5.11. The summed E-state index contributed by atoms with van der Waals surface area (Å²) < 4.78 is 1.65. The number of hydrogen-bond donors (Lipinski definition) is 0. The maximum absolute atomic E-state index is 13.1. The molecule has 0 unspecified atom stereocenters. The van der Waals surface area contributed by atoms with Gasteiger partial charge in [-0.25, -0.2) is 4.98 Å². The van der Waals surface area contributed by atoms with Gasteiger partial charge in [0.1, 0.15) is 0 Å². The van der Waals surface area contributed by atoms with E-state index in [0.717, 1.165) is 11.4 Å². The van der Waals surface area contributed by atoms with Crippen molar-refractivity contribution in [1.29, 1.82) is 0 Å². The minimum atomic E-state index is -0.0738. The van der Waals surface area contributed by atoms with E-state index in [9.17, 15) is 4.79 Å². The maximum Gasteiger partial charge on any atom is 0.266 e. The van der Waals surface area contributed by atoms with Crippen molar-refractivity contribution < 1.29 is 0 Å². The van der Waals surface area contributed by atoms with Crippen LogP contribution in [-0.2, 0) is 5.75 Å². The van der Waals surface area contributed by atoms with Crippen LogP contribution in [0.25, 0.3) is 16.6 Å². The lowest BCUT2D eigenvalue weighted by Crippen LogP contribution is -2.21. The van der Waals surface area contributed by atoms with Crippen LogP contribution in [0.4, 0.5) is 0 Å². The standard InChI is InChI=1S/C21H17N3OS/c1-15-6-4-7-16(12-15)14-26-21-23-19-10-3-2-9-18(19)20(25)24(21)17-8-5-11-22-13-17/h2-13H,14H2,1H3. The molecule has 0 aliphatic rings. The average molecular weight is 359 g/mol. The molecular weight excluding hydrogens is 342 g/mol. The van der Waals surface area contributed by atoms with E-state index in [4.69, 9.17) is 4.98 Å². The molecule has 0 saturated heterocycles. The fraction of sp³-hybridized carbons (Fsp3) is 0.0952. The Morgan fingerprint density at radius 3 is 2.73 bits per heavy atom. The molecule has 0 radical (unpaired) electrons. The van der Waals surface area contributed by atoms with E-state index in [1.54, 1.807) is 28.7 Å². The monoisotopic (exact) mass is 359 g/mol. The van der Waals surface area contributed by atoms with Crippen molar-refractivity contribution in [3.05, 3.63) is 94.5 Å². The summed E-state index contributed by atoms with van der Waals surface area (Å²) in [5, 5.41) is 1.28. The van der Waals surface area contributed by atoms with Crippen LogP contribution >= 0.6 is 11.8 Å². The number of fused-ring (bicyclic) bond motifs is 1. The molecule has 26 heavy (non-hydrogen) atoms. The van der Waals surface area contributed by atoms with Gasteiger partial charge >= 0.3 is 0 Å². The normalized spacial score (nSPS) is 11.0. The number of thioether (sulfide) groups is 1. The van der Waals surface area contributed by atoms with Gasteiger partial charge in [0.2, 0.25) is 0 Å². The molecule has 0 atom stereocenters. The summed E-state index contributed by atoms with van der Waals surface area (Å²) >= 11 is 1.56. The van der Waals surface area contributed by atoms with Gasteiger partial charge in [0.15, 0.2) is 5.16 Å². The van der Waals surface area contributed by atoms with Gasteiger partial charge in [-0.1, -0.05) is 53.7 Å². The highest BCUT2D eigenvalue weighted by atomic mass is 32.2. The van der Waals surface area contributed by atoms with Crippen molar-refractivity contribution in [2.24, 2.45) is 0 Å². The SMILES string of the molecule is Cc1cccc(CSc2nc3ccccc3c(=O)n2-c2cccnc2)c1. The van der Waals surface area contributed by atoms with Crippen LogP contribution in [0, 0.1) is 6.92 Å². The summed E-state index contributed by atoms with van der Waals surface area (Å²) in [4.78, 5) is 22.0. The van der Waals surface area contributed by atoms with Crippen molar-refractivity contribution in [2.45, 2.75) is 17.8 Å². The number of aromatic nitrogens is 3.